The van der Waals surface area contributed by atoms with Gasteiger partial charge in [0.05, 0.1) is 0 Å². The fraction of sp³-hybridized carbons (Fsp3) is 0.429. The number of imide groups is 1. The fourth-order valence-corrected chi connectivity index (χ4v) is 1.43. The molecule has 1 aliphatic rings. The molecule has 0 spiro atoms. The molecule has 0 aromatic carbocycles. The number of hydrogen-bond donors (Lipinski definition) is 2. The van der Waals surface area contributed by atoms with Crippen molar-refractivity contribution in [3.05, 3.63) is 36.6 Å². The molecule has 4 heteroatoms. The highest BCUT2D eigenvalue weighted by Crippen LogP contribution is 2.07. The van der Waals surface area contributed by atoms with Crippen LogP contribution in [0.1, 0.15) is 33.6 Å². The molecular formula is C14H22N2O2. The number of amides is 2. The third kappa shape index (κ3) is 5.48. The summed E-state index contributed by atoms with van der Waals surface area (Å²) in [6, 6.07) is -0.335. The van der Waals surface area contributed by atoms with Crippen LogP contribution in [0.3, 0.4) is 0 Å². The maximum Gasteiger partial charge on any atom is 0.249 e. The Hall–Kier alpha value is -1.84. The quantitative estimate of drug-likeness (QED) is 0.593. The second kappa shape index (κ2) is 9.22. The molecule has 1 unspecified atom stereocenters. The number of nitrogens with one attached hydrogen (secondary N) is 2. The number of piperidine rings is 1. The van der Waals surface area contributed by atoms with E-state index >= 15 is 0 Å². The molecule has 1 heterocycles. The molecule has 0 bridgehead atoms. The first-order valence-corrected chi connectivity index (χ1v) is 6.23. The summed E-state index contributed by atoms with van der Waals surface area (Å²) in [7, 11) is 0. The summed E-state index contributed by atoms with van der Waals surface area (Å²) in [5.41, 5.74) is 0.842. The Morgan fingerprint density at radius 1 is 1.44 bits per heavy atom. The Morgan fingerprint density at radius 2 is 2.11 bits per heavy atom. The molecule has 0 saturated carbocycles. The maximum atomic E-state index is 11.5. The van der Waals surface area contributed by atoms with Crippen molar-refractivity contribution in [3.63, 3.8) is 0 Å². The Labute approximate surface area is 109 Å². The lowest BCUT2D eigenvalue weighted by molar-refractivity contribution is -0.134. The largest absolute Gasteiger partial charge is 0.374 e. The predicted octanol–water partition coefficient (Wildman–Crippen LogP) is 2.05. The van der Waals surface area contributed by atoms with Crippen molar-refractivity contribution >= 4 is 11.8 Å². The molecule has 1 rings (SSSR count). The zero-order valence-corrected chi connectivity index (χ0v) is 11.3. The van der Waals surface area contributed by atoms with Crippen molar-refractivity contribution in [3.8, 4) is 0 Å². The normalized spacial score (nSPS) is 19.9. The molecule has 18 heavy (non-hydrogen) atoms. The lowest BCUT2D eigenvalue weighted by Crippen LogP contribution is -2.50. The van der Waals surface area contributed by atoms with Gasteiger partial charge in [-0.05, 0) is 19.4 Å². The van der Waals surface area contributed by atoms with Gasteiger partial charge in [0.25, 0.3) is 0 Å². The van der Waals surface area contributed by atoms with Crippen molar-refractivity contribution in [1.29, 1.82) is 0 Å². The highest BCUT2D eigenvalue weighted by molar-refractivity contribution is 6.00. The van der Waals surface area contributed by atoms with Crippen LogP contribution in [0.5, 0.6) is 0 Å². The molecule has 4 nitrogen and oxygen atoms in total. The molecule has 100 valence electrons. The summed E-state index contributed by atoms with van der Waals surface area (Å²) in [6.45, 7) is 9.45. The number of carbonyl (C=O) groups is 2. The lowest BCUT2D eigenvalue weighted by Gasteiger charge is -2.23. The maximum absolute atomic E-state index is 11.5. The van der Waals surface area contributed by atoms with Gasteiger partial charge in [-0.3, -0.25) is 14.9 Å². The van der Waals surface area contributed by atoms with E-state index in [4.69, 9.17) is 0 Å². The third-order valence-corrected chi connectivity index (χ3v) is 2.30. The van der Waals surface area contributed by atoms with Gasteiger partial charge in [0.1, 0.15) is 6.04 Å². The van der Waals surface area contributed by atoms with E-state index in [0.717, 1.165) is 5.70 Å². The van der Waals surface area contributed by atoms with E-state index < -0.39 is 0 Å². The van der Waals surface area contributed by atoms with E-state index in [0.29, 0.717) is 12.8 Å². The average Bonchev–Trinajstić information content (AvgIpc) is 2.39. The van der Waals surface area contributed by atoms with Crippen LogP contribution in [0.4, 0.5) is 0 Å². The van der Waals surface area contributed by atoms with E-state index in [1.165, 1.54) is 0 Å². The first-order valence-electron chi connectivity index (χ1n) is 6.23. The van der Waals surface area contributed by atoms with Crippen LogP contribution in [-0.4, -0.2) is 17.9 Å². The summed E-state index contributed by atoms with van der Waals surface area (Å²) in [4.78, 5) is 22.4. The summed E-state index contributed by atoms with van der Waals surface area (Å²) >= 11 is 0. The third-order valence-electron chi connectivity index (χ3n) is 2.30. The molecule has 0 radical (unpaired) electrons. The number of carbonyl (C=O) groups excluding carboxylic acids is 2. The SMILES string of the molecule is C=C/C=C\C(=C/C)NC1CCC(=O)NC1=O.CC. The summed E-state index contributed by atoms with van der Waals surface area (Å²) < 4.78 is 0. The molecule has 2 amide bonds. The Kier molecular flexibility index (Phi) is 8.27. The first kappa shape index (κ1) is 16.2. The van der Waals surface area contributed by atoms with E-state index in [2.05, 4.69) is 17.2 Å². The molecule has 1 atom stereocenters. The molecular weight excluding hydrogens is 228 g/mol. The van der Waals surface area contributed by atoms with Crippen LogP contribution >= 0.6 is 0 Å². The van der Waals surface area contributed by atoms with Crippen molar-refractivity contribution in [2.75, 3.05) is 0 Å². The van der Waals surface area contributed by atoms with Gasteiger partial charge in [-0.25, -0.2) is 0 Å². The summed E-state index contributed by atoms with van der Waals surface area (Å²) in [5.74, 6) is -0.464. The van der Waals surface area contributed by atoms with Gasteiger partial charge in [-0.15, -0.1) is 0 Å². The second-order valence-electron chi connectivity index (χ2n) is 3.49. The van der Waals surface area contributed by atoms with Crippen molar-refractivity contribution in [2.24, 2.45) is 0 Å². The van der Waals surface area contributed by atoms with Crippen LogP contribution in [-0.2, 0) is 9.59 Å². The van der Waals surface area contributed by atoms with Crippen molar-refractivity contribution in [1.82, 2.24) is 10.6 Å². The molecule has 0 aliphatic carbocycles. The van der Waals surface area contributed by atoms with E-state index in [-0.39, 0.29) is 17.9 Å². The van der Waals surface area contributed by atoms with Crippen molar-refractivity contribution < 1.29 is 9.59 Å². The predicted molar refractivity (Wildman–Crippen MR) is 73.7 cm³/mol. The Balaban J connectivity index is 0.00000137. The molecule has 1 aliphatic heterocycles. The standard InChI is InChI=1S/C12H16N2O2.C2H6/c1-3-5-6-9(4-2)13-10-7-8-11(15)14-12(10)16;1-2/h3-6,10,13H,1,7-8H2,2H3,(H,14,15,16);1-2H3/b6-5-,9-4+;. The molecule has 1 saturated heterocycles. The van der Waals surface area contributed by atoms with Gasteiger partial charge in [-0.2, -0.15) is 0 Å². The minimum atomic E-state index is -0.335. The van der Waals surface area contributed by atoms with Gasteiger partial charge >= 0.3 is 0 Å². The zero-order chi connectivity index (χ0) is 14.0. The van der Waals surface area contributed by atoms with Crippen molar-refractivity contribution in [2.45, 2.75) is 39.7 Å². The smallest absolute Gasteiger partial charge is 0.249 e. The van der Waals surface area contributed by atoms with Crippen LogP contribution in [0.2, 0.25) is 0 Å². The Morgan fingerprint density at radius 3 is 2.61 bits per heavy atom. The molecule has 0 aromatic heterocycles. The van der Waals surface area contributed by atoms with Gasteiger partial charge in [0, 0.05) is 12.1 Å². The number of rotatable bonds is 4. The Bertz CT molecular complexity index is 357. The van der Waals surface area contributed by atoms with Crippen LogP contribution in [0.15, 0.2) is 36.6 Å². The number of allylic oxidation sites excluding steroid dienone is 4. The highest BCUT2D eigenvalue weighted by atomic mass is 16.2. The average molecular weight is 250 g/mol. The minimum Gasteiger partial charge on any atom is -0.374 e. The van der Waals surface area contributed by atoms with Gasteiger partial charge in [0.15, 0.2) is 0 Å². The first-order chi connectivity index (χ1) is 8.67. The highest BCUT2D eigenvalue weighted by Gasteiger charge is 2.26. The van der Waals surface area contributed by atoms with Gasteiger partial charge in [0.2, 0.25) is 11.8 Å². The molecule has 2 N–H and O–H groups in total. The van der Waals surface area contributed by atoms with Gasteiger partial charge in [-0.1, -0.05) is 38.7 Å². The van der Waals surface area contributed by atoms with Crippen LogP contribution < -0.4 is 10.6 Å². The van der Waals surface area contributed by atoms with E-state index in [1.807, 2.05) is 32.9 Å². The van der Waals surface area contributed by atoms with E-state index in [9.17, 15) is 9.59 Å². The fourth-order valence-electron chi connectivity index (χ4n) is 1.43. The zero-order valence-electron chi connectivity index (χ0n) is 11.3. The summed E-state index contributed by atoms with van der Waals surface area (Å²) in [6.07, 6.45) is 8.06. The van der Waals surface area contributed by atoms with Crippen LogP contribution in [0.25, 0.3) is 0 Å². The second-order valence-corrected chi connectivity index (χ2v) is 3.49. The van der Waals surface area contributed by atoms with Gasteiger partial charge < -0.3 is 5.32 Å². The van der Waals surface area contributed by atoms with Crippen LogP contribution in [0, 0.1) is 0 Å². The topological polar surface area (TPSA) is 58.2 Å². The summed E-state index contributed by atoms with van der Waals surface area (Å²) in [5, 5.41) is 5.38. The van der Waals surface area contributed by atoms with E-state index in [1.54, 1.807) is 12.2 Å². The molecule has 1 fully saturated rings. The molecule has 0 aromatic rings. The minimum absolute atomic E-state index is 0.202. The number of hydrogen-bond acceptors (Lipinski definition) is 3. The lowest BCUT2D eigenvalue weighted by atomic mass is 10.1. The monoisotopic (exact) mass is 250 g/mol.